The van der Waals surface area contributed by atoms with Gasteiger partial charge >= 0.3 is 0 Å². The molecule has 0 aromatic heterocycles. The molecule has 0 aliphatic heterocycles. The molecule has 0 saturated carbocycles. The highest BCUT2D eigenvalue weighted by Crippen LogP contribution is 2.24. The first-order valence-corrected chi connectivity index (χ1v) is 5.48. The third kappa shape index (κ3) is 3.83. The highest BCUT2D eigenvalue weighted by Gasteiger charge is 2.13. The van der Waals surface area contributed by atoms with Crippen LogP contribution in [0.5, 0.6) is 5.75 Å². The Morgan fingerprint density at radius 3 is 2.56 bits per heavy atom. The van der Waals surface area contributed by atoms with Crippen LogP contribution in [0.25, 0.3) is 0 Å². The smallest absolute Gasteiger partial charge is 0.127 e. The van der Waals surface area contributed by atoms with Gasteiger partial charge in [0.05, 0.1) is 18.8 Å². The first-order chi connectivity index (χ1) is 7.44. The van der Waals surface area contributed by atoms with Crippen LogP contribution in [-0.2, 0) is 6.61 Å². The Morgan fingerprint density at radius 2 is 2.00 bits per heavy atom. The second kappa shape index (κ2) is 5.32. The SMILES string of the molecule is Cc1cccc(CO)c1OCCC(C)(C)O. The van der Waals surface area contributed by atoms with E-state index in [0.717, 1.165) is 16.9 Å². The highest BCUT2D eigenvalue weighted by molar-refractivity contribution is 5.40. The molecule has 0 aliphatic carbocycles. The van der Waals surface area contributed by atoms with Crippen LogP contribution < -0.4 is 4.74 Å². The van der Waals surface area contributed by atoms with E-state index in [1.54, 1.807) is 13.8 Å². The lowest BCUT2D eigenvalue weighted by atomic mass is 10.1. The minimum atomic E-state index is -0.720. The molecule has 0 heterocycles. The Hall–Kier alpha value is -1.06. The van der Waals surface area contributed by atoms with Crippen molar-refractivity contribution in [1.82, 2.24) is 0 Å². The minimum Gasteiger partial charge on any atom is -0.493 e. The van der Waals surface area contributed by atoms with Crippen LogP contribution in [0.15, 0.2) is 18.2 Å². The van der Waals surface area contributed by atoms with Gasteiger partial charge in [-0.3, -0.25) is 0 Å². The van der Waals surface area contributed by atoms with E-state index in [9.17, 15) is 10.2 Å². The van der Waals surface area contributed by atoms with Crippen molar-refractivity contribution in [2.45, 2.75) is 39.4 Å². The fraction of sp³-hybridized carbons (Fsp3) is 0.538. The third-order valence-corrected chi connectivity index (χ3v) is 2.42. The normalized spacial score (nSPS) is 11.6. The van der Waals surface area contributed by atoms with Crippen molar-refractivity contribution in [2.24, 2.45) is 0 Å². The zero-order valence-corrected chi connectivity index (χ0v) is 10.2. The molecule has 0 atom stereocenters. The Kier molecular flexibility index (Phi) is 4.33. The fourth-order valence-corrected chi connectivity index (χ4v) is 1.45. The number of rotatable bonds is 5. The summed E-state index contributed by atoms with van der Waals surface area (Å²) >= 11 is 0. The number of benzene rings is 1. The standard InChI is InChI=1S/C13H20O3/c1-10-5-4-6-11(9-14)12(10)16-8-7-13(2,3)15/h4-6,14-15H,7-9H2,1-3H3. The Bertz CT molecular complexity index is 340. The molecule has 2 N–H and O–H groups in total. The summed E-state index contributed by atoms with van der Waals surface area (Å²) in [6.45, 7) is 5.86. The monoisotopic (exact) mass is 224 g/mol. The fourth-order valence-electron chi connectivity index (χ4n) is 1.45. The van der Waals surface area contributed by atoms with Gasteiger partial charge in [-0.2, -0.15) is 0 Å². The minimum absolute atomic E-state index is 0.0282. The summed E-state index contributed by atoms with van der Waals surface area (Å²) in [4.78, 5) is 0. The number of aliphatic hydroxyl groups excluding tert-OH is 1. The maximum atomic E-state index is 9.56. The zero-order valence-electron chi connectivity index (χ0n) is 10.2. The number of aryl methyl sites for hydroxylation is 1. The van der Waals surface area contributed by atoms with Crippen LogP contribution in [0.1, 0.15) is 31.4 Å². The van der Waals surface area contributed by atoms with E-state index in [4.69, 9.17) is 4.74 Å². The molecule has 0 aliphatic rings. The molecule has 0 amide bonds. The second-order valence-corrected chi connectivity index (χ2v) is 4.63. The number of hydrogen-bond donors (Lipinski definition) is 2. The summed E-state index contributed by atoms with van der Waals surface area (Å²) in [5.41, 5.74) is 1.07. The van der Waals surface area contributed by atoms with E-state index >= 15 is 0 Å². The van der Waals surface area contributed by atoms with Crippen LogP contribution in [0.3, 0.4) is 0 Å². The molecule has 0 bridgehead atoms. The van der Waals surface area contributed by atoms with Gasteiger partial charge in [0.15, 0.2) is 0 Å². The maximum absolute atomic E-state index is 9.56. The number of aliphatic hydroxyl groups is 2. The quantitative estimate of drug-likeness (QED) is 0.804. The van der Waals surface area contributed by atoms with Crippen LogP contribution in [0.4, 0.5) is 0 Å². The topological polar surface area (TPSA) is 49.7 Å². The number of hydrogen-bond acceptors (Lipinski definition) is 3. The predicted octanol–water partition coefficient (Wildman–Crippen LogP) is 2.03. The molecular formula is C13H20O3. The van der Waals surface area contributed by atoms with Gasteiger partial charge in [0, 0.05) is 12.0 Å². The van der Waals surface area contributed by atoms with Crippen molar-refractivity contribution in [3.8, 4) is 5.75 Å². The lowest BCUT2D eigenvalue weighted by Gasteiger charge is -2.18. The van der Waals surface area contributed by atoms with Crippen molar-refractivity contribution in [2.75, 3.05) is 6.61 Å². The lowest BCUT2D eigenvalue weighted by molar-refractivity contribution is 0.0549. The molecule has 3 heteroatoms. The molecule has 3 nitrogen and oxygen atoms in total. The summed E-state index contributed by atoms with van der Waals surface area (Å²) in [5, 5.41) is 18.7. The predicted molar refractivity (Wildman–Crippen MR) is 63.5 cm³/mol. The molecule has 0 fully saturated rings. The van der Waals surface area contributed by atoms with Gasteiger partial charge in [-0.15, -0.1) is 0 Å². The molecular weight excluding hydrogens is 204 g/mol. The highest BCUT2D eigenvalue weighted by atomic mass is 16.5. The lowest BCUT2D eigenvalue weighted by Crippen LogP contribution is -2.22. The first-order valence-electron chi connectivity index (χ1n) is 5.48. The molecule has 90 valence electrons. The van der Waals surface area contributed by atoms with E-state index in [1.165, 1.54) is 0 Å². The number of para-hydroxylation sites is 1. The summed E-state index contributed by atoms with van der Waals surface area (Å²) in [6.07, 6.45) is 0.562. The average Bonchev–Trinajstić information content (AvgIpc) is 2.18. The summed E-state index contributed by atoms with van der Waals surface area (Å²) in [5.74, 6) is 0.731. The van der Waals surface area contributed by atoms with Crippen LogP contribution in [0, 0.1) is 6.92 Å². The Morgan fingerprint density at radius 1 is 1.31 bits per heavy atom. The third-order valence-electron chi connectivity index (χ3n) is 2.42. The molecule has 16 heavy (non-hydrogen) atoms. The van der Waals surface area contributed by atoms with Crippen molar-refractivity contribution < 1.29 is 14.9 Å². The largest absolute Gasteiger partial charge is 0.493 e. The van der Waals surface area contributed by atoms with E-state index in [-0.39, 0.29) is 6.61 Å². The molecule has 1 aromatic rings. The second-order valence-electron chi connectivity index (χ2n) is 4.63. The van der Waals surface area contributed by atoms with Crippen LogP contribution in [0.2, 0.25) is 0 Å². The molecule has 0 radical (unpaired) electrons. The van der Waals surface area contributed by atoms with E-state index < -0.39 is 5.60 Å². The molecule has 0 saturated heterocycles. The molecule has 1 aromatic carbocycles. The van der Waals surface area contributed by atoms with Gasteiger partial charge in [0.1, 0.15) is 5.75 Å². The molecule has 1 rings (SSSR count). The zero-order chi connectivity index (χ0) is 12.2. The van der Waals surface area contributed by atoms with Gasteiger partial charge in [-0.05, 0) is 26.3 Å². The van der Waals surface area contributed by atoms with Crippen molar-refractivity contribution >= 4 is 0 Å². The van der Waals surface area contributed by atoms with Crippen molar-refractivity contribution in [1.29, 1.82) is 0 Å². The van der Waals surface area contributed by atoms with E-state index in [1.807, 2.05) is 25.1 Å². The van der Waals surface area contributed by atoms with Gasteiger partial charge in [0.25, 0.3) is 0 Å². The Labute approximate surface area is 96.7 Å². The number of ether oxygens (including phenoxy) is 1. The van der Waals surface area contributed by atoms with Crippen molar-refractivity contribution in [3.63, 3.8) is 0 Å². The van der Waals surface area contributed by atoms with Gasteiger partial charge in [-0.25, -0.2) is 0 Å². The first kappa shape index (κ1) is 13.0. The summed E-state index contributed by atoms with van der Waals surface area (Å²) in [7, 11) is 0. The van der Waals surface area contributed by atoms with E-state index in [2.05, 4.69) is 0 Å². The summed E-state index contributed by atoms with van der Waals surface area (Å²) < 4.78 is 5.61. The van der Waals surface area contributed by atoms with Gasteiger partial charge in [0.2, 0.25) is 0 Å². The molecule has 0 spiro atoms. The average molecular weight is 224 g/mol. The van der Waals surface area contributed by atoms with Gasteiger partial charge < -0.3 is 14.9 Å². The van der Waals surface area contributed by atoms with Crippen LogP contribution in [-0.4, -0.2) is 22.4 Å². The van der Waals surface area contributed by atoms with Gasteiger partial charge in [-0.1, -0.05) is 18.2 Å². The van der Waals surface area contributed by atoms with E-state index in [0.29, 0.717) is 13.0 Å². The summed E-state index contributed by atoms with van der Waals surface area (Å²) in [6, 6.07) is 5.68. The van der Waals surface area contributed by atoms with Crippen LogP contribution >= 0.6 is 0 Å². The maximum Gasteiger partial charge on any atom is 0.127 e. The Balaban J connectivity index is 2.66. The molecule has 0 unspecified atom stereocenters. The van der Waals surface area contributed by atoms with Crippen molar-refractivity contribution in [3.05, 3.63) is 29.3 Å².